The molecule has 3 atom stereocenters. The number of likely N-dealkylation sites (N-methyl/N-ethyl adjacent to an activating group) is 1. The van der Waals surface area contributed by atoms with Crippen molar-refractivity contribution < 1.29 is 19.1 Å². The molecule has 1 aromatic rings. The molecule has 0 radical (unpaired) electrons. The van der Waals surface area contributed by atoms with Gasteiger partial charge in [0.05, 0.1) is 18.6 Å². The van der Waals surface area contributed by atoms with Crippen LogP contribution in [0, 0.1) is 0 Å². The topological polar surface area (TPSA) is 79.0 Å². The van der Waals surface area contributed by atoms with Gasteiger partial charge in [-0.3, -0.25) is 9.69 Å². The number of hydrogen-bond donors (Lipinski definition) is 1. The molecule has 0 bridgehead atoms. The van der Waals surface area contributed by atoms with Crippen LogP contribution >= 0.6 is 0 Å². The second kappa shape index (κ2) is 5.32. The van der Waals surface area contributed by atoms with Crippen LogP contribution in [0.3, 0.4) is 0 Å². The maximum absolute atomic E-state index is 12.6. The third-order valence-electron chi connectivity index (χ3n) is 4.19. The Morgan fingerprint density at radius 3 is 2.55 bits per heavy atom. The summed E-state index contributed by atoms with van der Waals surface area (Å²) in [6.07, 6.45) is -1.59. The van der Waals surface area contributed by atoms with Crippen molar-refractivity contribution in [3.63, 3.8) is 0 Å². The summed E-state index contributed by atoms with van der Waals surface area (Å²) in [5, 5.41) is 2.43. The van der Waals surface area contributed by atoms with E-state index in [9.17, 15) is 14.4 Å². The van der Waals surface area contributed by atoms with Crippen LogP contribution in [0.4, 0.5) is 9.59 Å². The van der Waals surface area contributed by atoms with E-state index < -0.39 is 24.1 Å². The summed E-state index contributed by atoms with van der Waals surface area (Å²) in [5.74, 6) is -0.492. The van der Waals surface area contributed by atoms with E-state index in [1.54, 1.807) is 7.05 Å². The number of cyclic esters (lactones) is 1. The number of alkyl carbamates (subject to hydrolysis) is 1. The first-order valence-electron chi connectivity index (χ1n) is 7.10. The first-order chi connectivity index (χ1) is 10.5. The van der Waals surface area contributed by atoms with E-state index in [2.05, 4.69) is 5.32 Å². The van der Waals surface area contributed by atoms with Crippen molar-refractivity contribution in [3.8, 4) is 0 Å². The Bertz CT molecular complexity index is 618. The summed E-state index contributed by atoms with van der Waals surface area (Å²) >= 11 is 0. The van der Waals surface area contributed by atoms with Gasteiger partial charge in [-0.2, -0.15) is 0 Å². The van der Waals surface area contributed by atoms with Crippen LogP contribution in [-0.4, -0.2) is 53.6 Å². The van der Waals surface area contributed by atoms with Gasteiger partial charge in [-0.05, 0) is 12.5 Å². The largest absolute Gasteiger partial charge is 0.434 e. The van der Waals surface area contributed by atoms with E-state index in [-0.39, 0.29) is 18.6 Å². The molecule has 0 unspecified atom stereocenters. The number of benzene rings is 1. The lowest BCUT2D eigenvalue weighted by Crippen LogP contribution is -2.44. The van der Waals surface area contributed by atoms with Crippen molar-refractivity contribution in [2.45, 2.75) is 25.1 Å². The number of rotatable bonds is 2. The maximum atomic E-state index is 12.6. The lowest BCUT2D eigenvalue weighted by molar-refractivity contribution is -0.136. The Morgan fingerprint density at radius 1 is 1.27 bits per heavy atom. The third-order valence-corrected chi connectivity index (χ3v) is 4.19. The van der Waals surface area contributed by atoms with Crippen LogP contribution in [0.2, 0.25) is 0 Å². The van der Waals surface area contributed by atoms with E-state index in [0.29, 0.717) is 0 Å². The lowest BCUT2D eigenvalue weighted by atomic mass is 10.00. The molecule has 1 aromatic carbocycles. The van der Waals surface area contributed by atoms with Crippen LogP contribution in [0.5, 0.6) is 0 Å². The van der Waals surface area contributed by atoms with E-state index in [1.165, 1.54) is 9.80 Å². The number of imide groups is 1. The Morgan fingerprint density at radius 2 is 1.95 bits per heavy atom. The highest BCUT2D eigenvalue weighted by atomic mass is 16.6. The minimum Gasteiger partial charge on any atom is -0.434 e. The van der Waals surface area contributed by atoms with Crippen molar-refractivity contribution in [2.75, 3.05) is 13.6 Å². The van der Waals surface area contributed by atoms with Crippen molar-refractivity contribution in [3.05, 3.63) is 35.9 Å². The monoisotopic (exact) mass is 303 g/mol. The number of hydrogen-bond acceptors (Lipinski definition) is 4. The van der Waals surface area contributed by atoms with Crippen molar-refractivity contribution >= 4 is 18.0 Å². The van der Waals surface area contributed by atoms with Gasteiger partial charge in [-0.25, -0.2) is 9.59 Å². The molecule has 0 aromatic heterocycles. The highest BCUT2D eigenvalue weighted by Crippen LogP contribution is 2.35. The zero-order valence-corrected chi connectivity index (χ0v) is 12.4. The average Bonchev–Trinajstić information content (AvgIpc) is 3.05. The molecule has 2 fully saturated rings. The fraction of sp³-hybridized carbons (Fsp3) is 0.400. The van der Waals surface area contributed by atoms with Crippen molar-refractivity contribution in [1.82, 2.24) is 15.1 Å². The molecule has 22 heavy (non-hydrogen) atoms. The summed E-state index contributed by atoms with van der Waals surface area (Å²) in [6.45, 7) is 1.98. The minimum absolute atomic E-state index is 0.0844. The molecule has 4 amide bonds. The molecule has 2 aliphatic heterocycles. The molecule has 0 saturated carbocycles. The van der Waals surface area contributed by atoms with Gasteiger partial charge in [-0.15, -0.1) is 0 Å². The number of urea groups is 1. The van der Waals surface area contributed by atoms with Crippen molar-refractivity contribution in [2.24, 2.45) is 0 Å². The highest BCUT2D eigenvalue weighted by molar-refractivity contribution is 6.00. The third kappa shape index (κ3) is 2.18. The van der Waals surface area contributed by atoms with Crippen LogP contribution in [0.25, 0.3) is 0 Å². The molecule has 7 nitrogen and oxygen atoms in total. The van der Waals surface area contributed by atoms with Gasteiger partial charge >= 0.3 is 12.1 Å². The summed E-state index contributed by atoms with van der Waals surface area (Å²) in [5.41, 5.74) is 0.873. The van der Waals surface area contributed by atoms with E-state index >= 15 is 0 Å². The summed E-state index contributed by atoms with van der Waals surface area (Å²) < 4.78 is 4.93. The predicted octanol–water partition coefficient (Wildman–Crippen LogP) is 1.12. The van der Waals surface area contributed by atoms with E-state index in [4.69, 9.17) is 4.74 Å². The Balaban J connectivity index is 1.94. The fourth-order valence-corrected chi connectivity index (χ4v) is 2.88. The van der Waals surface area contributed by atoms with Gasteiger partial charge in [0, 0.05) is 7.05 Å². The number of amides is 4. The van der Waals surface area contributed by atoms with Gasteiger partial charge in [0.15, 0.2) is 6.10 Å². The second-order valence-electron chi connectivity index (χ2n) is 5.47. The number of nitrogens with one attached hydrogen (secondary N) is 1. The van der Waals surface area contributed by atoms with Crippen LogP contribution < -0.4 is 5.32 Å². The van der Waals surface area contributed by atoms with Crippen molar-refractivity contribution in [1.29, 1.82) is 0 Å². The normalized spacial score (nSPS) is 27.8. The number of carbonyl (C=O) groups is 3. The predicted molar refractivity (Wildman–Crippen MR) is 76.9 cm³/mol. The fourth-order valence-electron chi connectivity index (χ4n) is 2.88. The second-order valence-corrected chi connectivity index (χ2v) is 5.47. The SMILES string of the molecule is C[C@H]1[C@@H](c2ccccc2)N(C(=O)[C@H]2CNC(=O)O2)C(=O)N1C. The Hall–Kier alpha value is -2.57. The Labute approximate surface area is 127 Å². The quantitative estimate of drug-likeness (QED) is 0.888. The smallest absolute Gasteiger partial charge is 0.408 e. The number of nitrogens with zero attached hydrogens (tertiary/aromatic N) is 2. The maximum Gasteiger partial charge on any atom is 0.408 e. The molecule has 2 saturated heterocycles. The van der Waals surface area contributed by atoms with Gasteiger partial charge in [-0.1, -0.05) is 30.3 Å². The number of ether oxygens (including phenoxy) is 1. The first-order valence-corrected chi connectivity index (χ1v) is 7.10. The van der Waals surface area contributed by atoms with Gasteiger partial charge in [0.1, 0.15) is 0 Å². The summed E-state index contributed by atoms with van der Waals surface area (Å²) in [6, 6.07) is 8.43. The molecule has 0 spiro atoms. The molecule has 3 rings (SSSR count). The zero-order valence-electron chi connectivity index (χ0n) is 12.4. The molecular formula is C15H17N3O4. The number of carbonyl (C=O) groups excluding carboxylic acids is 3. The van der Waals surface area contributed by atoms with E-state index in [1.807, 2.05) is 37.3 Å². The zero-order chi connectivity index (χ0) is 15.9. The van der Waals surface area contributed by atoms with Crippen LogP contribution in [0.15, 0.2) is 30.3 Å². The lowest BCUT2D eigenvalue weighted by Gasteiger charge is -2.25. The molecule has 7 heteroatoms. The molecule has 116 valence electrons. The first kappa shape index (κ1) is 14.4. The highest BCUT2D eigenvalue weighted by Gasteiger charge is 2.48. The van der Waals surface area contributed by atoms with Gasteiger partial charge in [0.25, 0.3) is 5.91 Å². The molecular weight excluding hydrogens is 286 g/mol. The minimum atomic E-state index is -0.957. The Kier molecular flexibility index (Phi) is 3.48. The van der Waals surface area contributed by atoms with Gasteiger partial charge in [0.2, 0.25) is 0 Å². The molecule has 1 N–H and O–H groups in total. The van der Waals surface area contributed by atoms with Gasteiger partial charge < -0.3 is 15.0 Å². The summed E-state index contributed by atoms with van der Waals surface area (Å²) in [7, 11) is 1.66. The standard InChI is InChI=1S/C15H17N3O4/c1-9-12(10-6-4-3-5-7-10)18(15(21)17(9)2)13(19)11-8-16-14(20)22-11/h3-7,9,11-12H,8H2,1-2H3,(H,16,20)/t9-,11+,12-/m0/s1. The van der Waals surface area contributed by atoms with E-state index in [0.717, 1.165) is 5.56 Å². The molecule has 0 aliphatic carbocycles. The average molecular weight is 303 g/mol. The van der Waals surface area contributed by atoms with Crippen LogP contribution in [-0.2, 0) is 9.53 Å². The molecule has 2 heterocycles. The van der Waals surface area contributed by atoms with Crippen LogP contribution in [0.1, 0.15) is 18.5 Å². The molecule has 2 aliphatic rings. The summed E-state index contributed by atoms with van der Waals surface area (Å²) in [4.78, 5) is 39.0.